The lowest BCUT2D eigenvalue weighted by Crippen LogP contribution is -2.34. The molecule has 1 rings (SSSR count). The fraction of sp³-hybridized carbons (Fsp3) is 0.412. The van der Waals surface area contributed by atoms with E-state index in [9.17, 15) is 4.79 Å². The van der Waals surface area contributed by atoms with Crippen LogP contribution in [0, 0.1) is 11.3 Å². The summed E-state index contributed by atoms with van der Waals surface area (Å²) in [4.78, 5) is 11.5. The predicted molar refractivity (Wildman–Crippen MR) is 86.9 cm³/mol. The Morgan fingerprint density at radius 2 is 2.09 bits per heavy atom. The average molecular weight is 318 g/mol. The van der Waals surface area contributed by atoms with E-state index in [1.807, 2.05) is 0 Å². The molecule has 0 radical (unpaired) electrons. The fourth-order valence-corrected chi connectivity index (χ4v) is 1.68. The monoisotopic (exact) mass is 318 g/mol. The number of ether oxygens (including phenoxy) is 3. The Morgan fingerprint density at radius 3 is 2.65 bits per heavy atom. The molecule has 1 aromatic carbocycles. The van der Waals surface area contributed by atoms with Crippen LogP contribution in [-0.2, 0) is 9.47 Å². The zero-order valence-corrected chi connectivity index (χ0v) is 13.9. The zero-order chi connectivity index (χ0) is 17.5. The summed E-state index contributed by atoms with van der Waals surface area (Å²) >= 11 is 0. The Kier molecular flexibility index (Phi) is 6.46. The van der Waals surface area contributed by atoms with E-state index in [1.165, 1.54) is 7.11 Å². The van der Waals surface area contributed by atoms with Gasteiger partial charge < -0.3 is 19.5 Å². The number of benzene rings is 1. The van der Waals surface area contributed by atoms with Gasteiger partial charge in [-0.2, -0.15) is 5.26 Å². The first-order chi connectivity index (χ1) is 10.8. The molecule has 0 fully saturated rings. The summed E-state index contributed by atoms with van der Waals surface area (Å²) in [5, 5.41) is 11.6. The Hall–Kier alpha value is -2.68. The van der Waals surface area contributed by atoms with Crippen LogP contribution in [0.5, 0.6) is 5.75 Å². The van der Waals surface area contributed by atoms with E-state index in [0.29, 0.717) is 22.6 Å². The first-order valence-corrected chi connectivity index (χ1v) is 7.14. The molecule has 0 aliphatic rings. The van der Waals surface area contributed by atoms with Crippen LogP contribution in [0.2, 0.25) is 0 Å². The van der Waals surface area contributed by atoms with Crippen LogP contribution in [0.1, 0.15) is 31.9 Å². The van der Waals surface area contributed by atoms with Gasteiger partial charge in [-0.3, -0.25) is 0 Å². The highest BCUT2D eigenvalue weighted by molar-refractivity contribution is 5.67. The second-order valence-electron chi connectivity index (χ2n) is 5.73. The molecule has 23 heavy (non-hydrogen) atoms. The topological polar surface area (TPSA) is 80.6 Å². The third kappa shape index (κ3) is 6.30. The van der Waals surface area contributed by atoms with Gasteiger partial charge in [0.2, 0.25) is 0 Å². The standard InChI is InChI=1S/C17H22N2O4/c1-12(21-5)14-10-13(11-18)6-7-15(14)22-9-8-19-16(20)23-17(2,3)4/h6-7,10H,1,8-9H2,2-5H3,(H,19,20). The molecular formula is C17H22N2O4. The summed E-state index contributed by atoms with van der Waals surface area (Å²) < 4.78 is 15.8. The lowest BCUT2D eigenvalue weighted by molar-refractivity contribution is 0.0520. The van der Waals surface area contributed by atoms with Crippen molar-refractivity contribution in [2.24, 2.45) is 0 Å². The highest BCUT2D eigenvalue weighted by Crippen LogP contribution is 2.26. The van der Waals surface area contributed by atoms with E-state index < -0.39 is 11.7 Å². The number of rotatable bonds is 6. The van der Waals surface area contributed by atoms with Crippen molar-refractivity contribution in [2.75, 3.05) is 20.3 Å². The molecule has 1 amide bonds. The first kappa shape index (κ1) is 18.4. The molecule has 1 N–H and O–H groups in total. The molecule has 0 atom stereocenters. The van der Waals surface area contributed by atoms with Gasteiger partial charge in [0.05, 0.1) is 30.9 Å². The summed E-state index contributed by atoms with van der Waals surface area (Å²) in [6.45, 7) is 9.69. The van der Waals surface area contributed by atoms with Gasteiger partial charge in [0.15, 0.2) is 0 Å². The number of nitrogens with zero attached hydrogens (tertiary/aromatic N) is 1. The summed E-state index contributed by atoms with van der Waals surface area (Å²) in [6.07, 6.45) is -0.498. The minimum atomic E-state index is -0.540. The van der Waals surface area contributed by atoms with Crippen LogP contribution < -0.4 is 10.1 Å². The fourth-order valence-electron chi connectivity index (χ4n) is 1.68. The Balaban J connectivity index is 2.60. The second kappa shape index (κ2) is 8.08. The smallest absolute Gasteiger partial charge is 0.407 e. The quantitative estimate of drug-likeness (QED) is 0.644. The summed E-state index contributed by atoms with van der Waals surface area (Å²) in [6, 6.07) is 7.01. The second-order valence-corrected chi connectivity index (χ2v) is 5.73. The lowest BCUT2D eigenvalue weighted by Gasteiger charge is -2.19. The van der Waals surface area contributed by atoms with Crippen molar-refractivity contribution < 1.29 is 19.0 Å². The van der Waals surface area contributed by atoms with E-state index in [4.69, 9.17) is 19.5 Å². The maximum atomic E-state index is 11.5. The van der Waals surface area contributed by atoms with Gasteiger partial charge in [-0.15, -0.1) is 0 Å². The van der Waals surface area contributed by atoms with Crippen molar-refractivity contribution in [2.45, 2.75) is 26.4 Å². The van der Waals surface area contributed by atoms with Crippen LogP contribution in [0.4, 0.5) is 4.79 Å². The number of alkyl carbamates (subject to hydrolysis) is 1. The molecule has 0 spiro atoms. The number of hydrogen-bond acceptors (Lipinski definition) is 5. The van der Waals surface area contributed by atoms with Gasteiger partial charge >= 0.3 is 6.09 Å². The summed E-state index contributed by atoms with van der Waals surface area (Å²) in [5.74, 6) is 0.930. The minimum Gasteiger partial charge on any atom is -0.497 e. The molecule has 0 aliphatic heterocycles. The number of hydrogen-bond donors (Lipinski definition) is 1. The minimum absolute atomic E-state index is 0.245. The summed E-state index contributed by atoms with van der Waals surface area (Å²) in [7, 11) is 1.50. The maximum Gasteiger partial charge on any atom is 0.407 e. The van der Waals surface area contributed by atoms with Crippen LogP contribution in [-0.4, -0.2) is 32.0 Å². The van der Waals surface area contributed by atoms with E-state index in [2.05, 4.69) is 18.0 Å². The molecular weight excluding hydrogens is 296 g/mol. The third-order valence-electron chi connectivity index (χ3n) is 2.68. The number of nitriles is 1. The molecule has 1 aromatic rings. The highest BCUT2D eigenvalue weighted by atomic mass is 16.6. The number of amides is 1. The van der Waals surface area contributed by atoms with Crippen molar-refractivity contribution in [1.29, 1.82) is 5.26 Å². The number of carbonyl (C=O) groups is 1. The Labute approximate surface area is 136 Å². The van der Waals surface area contributed by atoms with E-state index in [0.717, 1.165) is 0 Å². The first-order valence-electron chi connectivity index (χ1n) is 7.14. The van der Waals surface area contributed by atoms with Gasteiger partial charge in [0, 0.05) is 0 Å². The molecule has 6 heteroatoms. The van der Waals surface area contributed by atoms with Crippen molar-refractivity contribution in [3.05, 3.63) is 35.9 Å². The van der Waals surface area contributed by atoms with Gasteiger partial charge in [-0.05, 0) is 39.0 Å². The molecule has 0 bridgehead atoms. The molecule has 6 nitrogen and oxygen atoms in total. The number of methoxy groups -OCH3 is 1. The Morgan fingerprint density at radius 1 is 1.39 bits per heavy atom. The van der Waals surface area contributed by atoms with Gasteiger partial charge in [-0.25, -0.2) is 4.79 Å². The van der Waals surface area contributed by atoms with Crippen molar-refractivity contribution in [3.8, 4) is 11.8 Å². The molecule has 0 aromatic heterocycles. The summed E-state index contributed by atoms with van der Waals surface area (Å²) in [5.41, 5.74) is 0.544. The number of carbonyl (C=O) groups excluding carboxylic acids is 1. The van der Waals surface area contributed by atoms with Crippen LogP contribution in [0.25, 0.3) is 5.76 Å². The van der Waals surface area contributed by atoms with Crippen LogP contribution >= 0.6 is 0 Å². The lowest BCUT2D eigenvalue weighted by atomic mass is 10.1. The predicted octanol–water partition coefficient (Wildman–Crippen LogP) is 3.08. The van der Waals surface area contributed by atoms with Crippen LogP contribution in [0.15, 0.2) is 24.8 Å². The van der Waals surface area contributed by atoms with Crippen molar-refractivity contribution in [1.82, 2.24) is 5.32 Å². The highest BCUT2D eigenvalue weighted by Gasteiger charge is 2.15. The molecule has 124 valence electrons. The van der Waals surface area contributed by atoms with E-state index >= 15 is 0 Å². The normalized spacial score (nSPS) is 10.4. The SMILES string of the molecule is C=C(OC)c1cc(C#N)ccc1OCCNC(=O)OC(C)(C)C. The van der Waals surface area contributed by atoms with Crippen LogP contribution in [0.3, 0.4) is 0 Å². The van der Waals surface area contributed by atoms with Gasteiger partial charge in [0.1, 0.15) is 23.7 Å². The third-order valence-corrected chi connectivity index (χ3v) is 2.68. The van der Waals surface area contributed by atoms with Crippen molar-refractivity contribution in [3.63, 3.8) is 0 Å². The van der Waals surface area contributed by atoms with Gasteiger partial charge in [-0.1, -0.05) is 6.58 Å². The van der Waals surface area contributed by atoms with E-state index in [-0.39, 0.29) is 13.2 Å². The van der Waals surface area contributed by atoms with Crippen molar-refractivity contribution >= 4 is 11.9 Å². The molecule has 0 saturated heterocycles. The number of nitrogens with one attached hydrogen (secondary N) is 1. The molecule has 0 heterocycles. The largest absolute Gasteiger partial charge is 0.497 e. The molecule has 0 aliphatic carbocycles. The van der Waals surface area contributed by atoms with Gasteiger partial charge in [0.25, 0.3) is 0 Å². The average Bonchev–Trinajstić information content (AvgIpc) is 2.49. The Bertz CT molecular complexity index is 612. The maximum absolute atomic E-state index is 11.5. The zero-order valence-electron chi connectivity index (χ0n) is 13.9. The molecule has 0 unspecified atom stereocenters. The molecule has 0 saturated carbocycles. The van der Waals surface area contributed by atoms with E-state index in [1.54, 1.807) is 39.0 Å².